The van der Waals surface area contributed by atoms with Gasteiger partial charge in [0.15, 0.2) is 0 Å². The molecule has 0 saturated carbocycles. The molecule has 1 amide bonds. The topological polar surface area (TPSA) is 48.1 Å². The van der Waals surface area contributed by atoms with E-state index >= 15 is 0 Å². The molecule has 1 fully saturated rings. The third-order valence-electron chi connectivity index (χ3n) is 3.37. The fourth-order valence-corrected chi connectivity index (χ4v) is 2.38. The summed E-state index contributed by atoms with van der Waals surface area (Å²) in [5.74, 6) is 0.714. The molecule has 17 heavy (non-hydrogen) atoms. The molecule has 0 radical (unpaired) electrons. The highest BCUT2D eigenvalue weighted by molar-refractivity contribution is 5.92. The number of aromatic amines is 1. The van der Waals surface area contributed by atoms with Crippen LogP contribution in [0.15, 0.2) is 18.3 Å². The molecule has 0 aliphatic carbocycles. The Hall–Kier alpha value is -1.29. The maximum atomic E-state index is 12.2. The summed E-state index contributed by atoms with van der Waals surface area (Å²) >= 11 is 0. The molecule has 0 spiro atoms. The molecule has 2 N–H and O–H groups in total. The van der Waals surface area contributed by atoms with Gasteiger partial charge in [0.25, 0.3) is 5.91 Å². The SMILES string of the molecule is CCN(CC1CCCNC1)C(=O)c1ccc[nH]1. The number of nitrogens with zero attached hydrogens (tertiary/aromatic N) is 1. The number of aromatic nitrogens is 1. The highest BCUT2D eigenvalue weighted by Gasteiger charge is 2.20. The zero-order valence-corrected chi connectivity index (χ0v) is 10.4. The number of H-pyrrole nitrogens is 1. The maximum absolute atomic E-state index is 12.2. The molecular formula is C13H21N3O. The number of piperidine rings is 1. The quantitative estimate of drug-likeness (QED) is 0.830. The molecule has 2 heterocycles. The van der Waals surface area contributed by atoms with Gasteiger partial charge < -0.3 is 15.2 Å². The second-order valence-corrected chi connectivity index (χ2v) is 4.64. The van der Waals surface area contributed by atoms with Crippen LogP contribution in [0.5, 0.6) is 0 Å². The summed E-state index contributed by atoms with van der Waals surface area (Å²) < 4.78 is 0. The van der Waals surface area contributed by atoms with Crippen LogP contribution >= 0.6 is 0 Å². The molecule has 94 valence electrons. The summed E-state index contributed by atoms with van der Waals surface area (Å²) in [5.41, 5.74) is 0.690. The fraction of sp³-hybridized carbons (Fsp3) is 0.615. The Morgan fingerprint density at radius 2 is 2.47 bits per heavy atom. The van der Waals surface area contributed by atoms with Crippen LogP contribution in [0.3, 0.4) is 0 Å². The van der Waals surface area contributed by atoms with E-state index in [1.165, 1.54) is 12.8 Å². The first kappa shape index (κ1) is 12.2. The van der Waals surface area contributed by atoms with Crippen LogP contribution in [0.1, 0.15) is 30.3 Å². The van der Waals surface area contributed by atoms with Gasteiger partial charge in [0.1, 0.15) is 5.69 Å². The Morgan fingerprint density at radius 1 is 1.59 bits per heavy atom. The molecule has 2 rings (SSSR count). The molecule has 1 atom stereocenters. The molecule has 1 aliphatic rings. The lowest BCUT2D eigenvalue weighted by Gasteiger charge is -2.29. The Labute approximate surface area is 102 Å². The van der Waals surface area contributed by atoms with Gasteiger partial charge in [-0.3, -0.25) is 4.79 Å². The minimum absolute atomic E-state index is 0.114. The van der Waals surface area contributed by atoms with Crippen LogP contribution in [0, 0.1) is 5.92 Å². The second kappa shape index (κ2) is 5.87. The Bertz CT molecular complexity index is 342. The standard InChI is InChI=1S/C13H21N3O/c1-2-16(10-11-5-3-7-14-9-11)13(17)12-6-4-8-15-12/h4,6,8,11,14-15H,2-3,5,7,9-10H2,1H3. The maximum Gasteiger partial charge on any atom is 0.270 e. The van der Waals surface area contributed by atoms with Crippen molar-refractivity contribution >= 4 is 5.91 Å². The lowest BCUT2D eigenvalue weighted by molar-refractivity contribution is 0.0724. The normalized spacial score (nSPS) is 20.2. The molecule has 1 aromatic rings. The lowest BCUT2D eigenvalue weighted by Crippen LogP contribution is -2.41. The van der Waals surface area contributed by atoms with Crippen molar-refractivity contribution in [2.45, 2.75) is 19.8 Å². The minimum atomic E-state index is 0.114. The number of amides is 1. The molecule has 0 bridgehead atoms. The molecule has 1 aliphatic heterocycles. The van der Waals surface area contributed by atoms with Crippen LogP contribution in [0.2, 0.25) is 0 Å². The highest BCUT2D eigenvalue weighted by atomic mass is 16.2. The van der Waals surface area contributed by atoms with Crippen molar-refractivity contribution in [3.8, 4) is 0 Å². The summed E-state index contributed by atoms with van der Waals surface area (Å²) in [5, 5.41) is 3.39. The van der Waals surface area contributed by atoms with Gasteiger partial charge in [-0.25, -0.2) is 0 Å². The van der Waals surface area contributed by atoms with E-state index < -0.39 is 0 Å². The van der Waals surface area contributed by atoms with Gasteiger partial charge >= 0.3 is 0 Å². The van der Waals surface area contributed by atoms with Crippen LogP contribution < -0.4 is 5.32 Å². The van der Waals surface area contributed by atoms with E-state index in [-0.39, 0.29) is 5.91 Å². The number of hydrogen-bond acceptors (Lipinski definition) is 2. The van der Waals surface area contributed by atoms with E-state index in [0.29, 0.717) is 11.6 Å². The first-order valence-corrected chi connectivity index (χ1v) is 6.44. The van der Waals surface area contributed by atoms with Gasteiger partial charge in [0.05, 0.1) is 0 Å². The average molecular weight is 235 g/mol. The average Bonchev–Trinajstić information content (AvgIpc) is 2.90. The van der Waals surface area contributed by atoms with Crippen LogP contribution in [0.4, 0.5) is 0 Å². The summed E-state index contributed by atoms with van der Waals surface area (Å²) in [6.07, 6.45) is 4.24. The zero-order valence-electron chi connectivity index (χ0n) is 10.4. The lowest BCUT2D eigenvalue weighted by atomic mass is 9.99. The Morgan fingerprint density at radius 3 is 3.06 bits per heavy atom. The van der Waals surface area contributed by atoms with E-state index in [2.05, 4.69) is 10.3 Å². The largest absolute Gasteiger partial charge is 0.357 e. The van der Waals surface area contributed by atoms with Gasteiger partial charge in [-0.05, 0) is 50.9 Å². The number of rotatable bonds is 4. The van der Waals surface area contributed by atoms with Crippen molar-refractivity contribution < 1.29 is 4.79 Å². The van der Waals surface area contributed by atoms with Crippen LogP contribution in [0.25, 0.3) is 0 Å². The van der Waals surface area contributed by atoms with E-state index in [1.807, 2.05) is 24.0 Å². The monoisotopic (exact) mass is 235 g/mol. The van der Waals surface area contributed by atoms with Gasteiger partial charge in [0.2, 0.25) is 0 Å². The van der Waals surface area contributed by atoms with Crippen molar-refractivity contribution in [3.63, 3.8) is 0 Å². The fourth-order valence-electron chi connectivity index (χ4n) is 2.38. The van der Waals surface area contributed by atoms with Gasteiger partial charge in [-0.2, -0.15) is 0 Å². The number of carbonyl (C=O) groups excluding carboxylic acids is 1. The van der Waals surface area contributed by atoms with Crippen molar-refractivity contribution in [2.75, 3.05) is 26.2 Å². The number of carbonyl (C=O) groups is 1. The molecule has 4 nitrogen and oxygen atoms in total. The van der Waals surface area contributed by atoms with E-state index in [9.17, 15) is 4.79 Å². The molecule has 1 aromatic heterocycles. The molecule has 4 heteroatoms. The van der Waals surface area contributed by atoms with Gasteiger partial charge in [-0.15, -0.1) is 0 Å². The zero-order chi connectivity index (χ0) is 12.1. The van der Waals surface area contributed by atoms with E-state index in [1.54, 1.807) is 6.20 Å². The van der Waals surface area contributed by atoms with Crippen LogP contribution in [-0.2, 0) is 0 Å². The van der Waals surface area contributed by atoms with Crippen LogP contribution in [-0.4, -0.2) is 42.0 Å². The first-order chi connectivity index (χ1) is 8.31. The van der Waals surface area contributed by atoms with Crippen molar-refractivity contribution in [3.05, 3.63) is 24.0 Å². The third-order valence-corrected chi connectivity index (χ3v) is 3.37. The minimum Gasteiger partial charge on any atom is -0.357 e. The van der Waals surface area contributed by atoms with Gasteiger partial charge in [0, 0.05) is 19.3 Å². The molecule has 1 unspecified atom stereocenters. The summed E-state index contributed by atoms with van der Waals surface area (Å²) in [4.78, 5) is 17.1. The number of hydrogen-bond donors (Lipinski definition) is 2. The van der Waals surface area contributed by atoms with Gasteiger partial charge in [-0.1, -0.05) is 0 Å². The second-order valence-electron chi connectivity index (χ2n) is 4.64. The summed E-state index contributed by atoms with van der Waals surface area (Å²) in [6.45, 7) is 5.83. The molecule has 1 saturated heterocycles. The predicted octanol–water partition coefficient (Wildman–Crippen LogP) is 1.48. The predicted molar refractivity (Wildman–Crippen MR) is 68.0 cm³/mol. The molecular weight excluding hydrogens is 214 g/mol. The van der Waals surface area contributed by atoms with Crippen molar-refractivity contribution in [2.24, 2.45) is 5.92 Å². The van der Waals surface area contributed by atoms with Crippen molar-refractivity contribution in [1.29, 1.82) is 0 Å². The molecule has 0 aromatic carbocycles. The number of nitrogens with one attached hydrogen (secondary N) is 2. The van der Waals surface area contributed by atoms with Crippen molar-refractivity contribution in [1.82, 2.24) is 15.2 Å². The first-order valence-electron chi connectivity index (χ1n) is 6.44. The summed E-state index contributed by atoms with van der Waals surface area (Å²) in [6, 6.07) is 3.70. The third kappa shape index (κ3) is 3.09. The Balaban J connectivity index is 1.93. The van der Waals surface area contributed by atoms with E-state index in [0.717, 1.165) is 26.2 Å². The van der Waals surface area contributed by atoms with E-state index in [4.69, 9.17) is 0 Å². The summed E-state index contributed by atoms with van der Waals surface area (Å²) in [7, 11) is 0. The Kier molecular flexibility index (Phi) is 4.20. The smallest absolute Gasteiger partial charge is 0.270 e. The highest BCUT2D eigenvalue weighted by Crippen LogP contribution is 2.13.